The summed E-state index contributed by atoms with van der Waals surface area (Å²) in [5.41, 5.74) is 5.37. The minimum Gasteiger partial charge on any atom is -0.454 e. The van der Waals surface area contributed by atoms with Crippen LogP contribution in [0.5, 0.6) is 11.5 Å². The van der Waals surface area contributed by atoms with Crippen molar-refractivity contribution in [1.29, 1.82) is 0 Å². The van der Waals surface area contributed by atoms with E-state index in [1.54, 1.807) is 6.21 Å². The molecule has 0 spiro atoms. The van der Waals surface area contributed by atoms with Crippen molar-refractivity contribution < 1.29 is 14.3 Å². The fourth-order valence-corrected chi connectivity index (χ4v) is 2.07. The largest absolute Gasteiger partial charge is 0.454 e. The van der Waals surface area contributed by atoms with Gasteiger partial charge in [0.05, 0.1) is 12.8 Å². The van der Waals surface area contributed by atoms with Gasteiger partial charge in [-0.25, -0.2) is 5.43 Å². The fraction of sp³-hybridized carbons (Fsp3) is 0.176. The van der Waals surface area contributed by atoms with E-state index in [1.165, 1.54) is 5.56 Å². The molecular weight excluding hydrogens is 294 g/mol. The minimum atomic E-state index is -0.220. The van der Waals surface area contributed by atoms with E-state index in [2.05, 4.69) is 15.8 Å². The lowest BCUT2D eigenvalue weighted by atomic mass is 10.2. The Labute approximate surface area is 134 Å². The summed E-state index contributed by atoms with van der Waals surface area (Å²) in [5, 5.41) is 6.96. The molecule has 1 amide bonds. The van der Waals surface area contributed by atoms with Crippen LogP contribution >= 0.6 is 0 Å². The normalized spacial score (nSPS) is 12.4. The molecule has 2 aromatic carbocycles. The van der Waals surface area contributed by atoms with Gasteiger partial charge in [0.15, 0.2) is 11.5 Å². The second-order valence-electron chi connectivity index (χ2n) is 5.13. The van der Waals surface area contributed by atoms with Crippen molar-refractivity contribution in [3.05, 3.63) is 53.6 Å². The molecule has 0 saturated carbocycles. The predicted octanol–water partition coefficient (Wildman–Crippen LogP) is 2.29. The Hall–Kier alpha value is -3.02. The highest BCUT2D eigenvalue weighted by Crippen LogP contribution is 2.31. The molecule has 6 heteroatoms. The Balaban J connectivity index is 1.47. The van der Waals surface area contributed by atoms with Crippen molar-refractivity contribution in [2.24, 2.45) is 5.10 Å². The first kappa shape index (κ1) is 14.9. The first-order chi connectivity index (χ1) is 11.2. The number of benzene rings is 2. The zero-order chi connectivity index (χ0) is 16.1. The van der Waals surface area contributed by atoms with Crippen LogP contribution in [0.1, 0.15) is 11.1 Å². The van der Waals surface area contributed by atoms with E-state index >= 15 is 0 Å². The third-order valence-electron chi connectivity index (χ3n) is 3.30. The number of nitrogens with one attached hydrogen (secondary N) is 2. The van der Waals surface area contributed by atoms with Gasteiger partial charge in [-0.05, 0) is 42.8 Å². The number of ether oxygens (including phenoxy) is 2. The molecule has 1 heterocycles. The van der Waals surface area contributed by atoms with Gasteiger partial charge in [0, 0.05) is 5.69 Å². The number of aryl methyl sites for hydroxylation is 1. The average Bonchev–Trinajstić information content (AvgIpc) is 3.02. The number of hydrogen-bond donors (Lipinski definition) is 2. The van der Waals surface area contributed by atoms with Crippen LogP contribution in [0.15, 0.2) is 47.6 Å². The standard InChI is InChI=1S/C17H17N3O3/c1-12-2-5-14(6-3-12)18-10-17(21)20-19-9-13-4-7-15-16(8-13)23-11-22-15/h2-9,18H,10-11H2,1H3,(H,20,21)/b19-9+. The van der Waals surface area contributed by atoms with Gasteiger partial charge in [-0.2, -0.15) is 5.10 Å². The molecule has 3 rings (SSSR count). The summed E-state index contributed by atoms with van der Waals surface area (Å²) in [4.78, 5) is 11.7. The van der Waals surface area contributed by atoms with Gasteiger partial charge in [0.25, 0.3) is 5.91 Å². The van der Waals surface area contributed by atoms with Crippen LogP contribution in [0.3, 0.4) is 0 Å². The zero-order valence-electron chi connectivity index (χ0n) is 12.7. The number of carbonyl (C=O) groups excluding carboxylic acids is 1. The third-order valence-corrected chi connectivity index (χ3v) is 3.30. The van der Waals surface area contributed by atoms with Crippen LogP contribution in [0.2, 0.25) is 0 Å². The summed E-state index contributed by atoms with van der Waals surface area (Å²) in [6.45, 7) is 2.40. The van der Waals surface area contributed by atoms with Crippen molar-refractivity contribution in [2.75, 3.05) is 18.7 Å². The van der Waals surface area contributed by atoms with Crippen LogP contribution < -0.4 is 20.2 Å². The summed E-state index contributed by atoms with van der Waals surface area (Å²) in [7, 11) is 0. The molecular formula is C17H17N3O3. The van der Waals surface area contributed by atoms with E-state index < -0.39 is 0 Å². The first-order valence-electron chi connectivity index (χ1n) is 7.23. The minimum absolute atomic E-state index is 0.154. The molecule has 2 aromatic rings. The molecule has 2 N–H and O–H groups in total. The van der Waals surface area contributed by atoms with Gasteiger partial charge in [-0.1, -0.05) is 17.7 Å². The highest BCUT2D eigenvalue weighted by Gasteiger charge is 2.12. The molecule has 1 aliphatic heterocycles. The number of carbonyl (C=O) groups is 1. The number of anilines is 1. The second-order valence-corrected chi connectivity index (χ2v) is 5.13. The molecule has 0 radical (unpaired) electrons. The number of rotatable bonds is 5. The van der Waals surface area contributed by atoms with Crippen molar-refractivity contribution in [1.82, 2.24) is 5.43 Å². The van der Waals surface area contributed by atoms with Crippen LogP contribution in [0.4, 0.5) is 5.69 Å². The zero-order valence-corrected chi connectivity index (χ0v) is 12.7. The molecule has 0 aromatic heterocycles. The van der Waals surface area contributed by atoms with E-state index in [9.17, 15) is 4.79 Å². The van der Waals surface area contributed by atoms with Gasteiger partial charge in [0.1, 0.15) is 0 Å². The lowest BCUT2D eigenvalue weighted by Crippen LogP contribution is -2.25. The monoisotopic (exact) mass is 311 g/mol. The summed E-state index contributed by atoms with van der Waals surface area (Å²) in [6.07, 6.45) is 1.56. The molecule has 118 valence electrons. The van der Waals surface area contributed by atoms with Crippen LogP contribution in [-0.4, -0.2) is 25.5 Å². The van der Waals surface area contributed by atoms with Gasteiger partial charge < -0.3 is 14.8 Å². The Morgan fingerprint density at radius 1 is 1.17 bits per heavy atom. The smallest absolute Gasteiger partial charge is 0.259 e. The molecule has 0 unspecified atom stereocenters. The van der Waals surface area contributed by atoms with Gasteiger partial charge in [-0.3, -0.25) is 4.79 Å². The third kappa shape index (κ3) is 4.00. The molecule has 0 fully saturated rings. The van der Waals surface area contributed by atoms with Gasteiger partial charge in [0.2, 0.25) is 6.79 Å². The topological polar surface area (TPSA) is 72.0 Å². The van der Waals surface area contributed by atoms with Gasteiger partial charge in [-0.15, -0.1) is 0 Å². The molecule has 0 atom stereocenters. The number of hydrogen-bond acceptors (Lipinski definition) is 5. The molecule has 1 aliphatic rings. The number of hydrazone groups is 1. The van der Waals surface area contributed by atoms with Gasteiger partial charge >= 0.3 is 0 Å². The summed E-state index contributed by atoms with van der Waals surface area (Å²) < 4.78 is 10.5. The Bertz CT molecular complexity index is 726. The Kier molecular flexibility index (Phi) is 4.42. The number of nitrogens with zero attached hydrogens (tertiary/aromatic N) is 1. The van der Waals surface area contributed by atoms with Crippen LogP contribution in [-0.2, 0) is 4.79 Å². The number of amides is 1. The number of fused-ring (bicyclic) bond motifs is 1. The molecule has 0 aliphatic carbocycles. The van der Waals surface area contributed by atoms with Crippen LogP contribution in [0.25, 0.3) is 0 Å². The van der Waals surface area contributed by atoms with E-state index in [0.717, 1.165) is 11.3 Å². The highest BCUT2D eigenvalue weighted by atomic mass is 16.7. The highest BCUT2D eigenvalue weighted by molar-refractivity contribution is 5.84. The summed E-state index contributed by atoms with van der Waals surface area (Å²) in [5.74, 6) is 1.18. The quantitative estimate of drug-likeness (QED) is 0.656. The maximum Gasteiger partial charge on any atom is 0.259 e. The molecule has 0 bridgehead atoms. The predicted molar refractivity (Wildman–Crippen MR) is 88.0 cm³/mol. The van der Waals surface area contributed by atoms with E-state index in [-0.39, 0.29) is 19.2 Å². The fourth-order valence-electron chi connectivity index (χ4n) is 2.07. The van der Waals surface area contributed by atoms with Crippen LogP contribution in [0, 0.1) is 6.92 Å². The Morgan fingerprint density at radius 3 is 2.78 bits per heavy atom. The lowest BCUT2D eigenvalue weighted by Gasteiger charge is -2.05. The maximum atomic E-state index is 11.7. The lowest BCUT2D eigenvalue weighted by molar-refractivity contribution is -0.119. The summed E-state index contributed by atoms with van der Waals surface area (Å²) in [6, 6.07) is 13.3. The average molecular weight is 311 g/mol. The van der Waals surface area contributed by atoms with E-state index in [1.807, 2.05) is 49.4 Å². The van der Waals surface area contributed by atoms with Crippen molar-refractivity contribution >= 4 is 17.8 Å². The molecule has 6 nitrogen and oxygen atoms in total. The van der Waals surface area contributed by atoms with E-state index in [4.69, 9.17) is 9.47 Å². The van der Waals surface area contributed by atoms with Crippen molar-refractivity contribution in [3.63, 3.8) is 0 Å². The molecule has 23 heavy (non-hydrogen) atoms. The SMILES string of the molecule is Cc1ccc(NCC(=O)N/N=C/c2ccc3c(c2)OCO3)cc1. The maximum absolute atomic E-state index is 11.7. The molecule has 0 saturated heterocycles. The summed E-state index contributed by atoms with van der Waals surface area (Å²) >= 11 is 0. The van der Waals surface area contributed by atoms with Crippen molar-refractivity contribution in [2.45, 2.75) is 6.92 Å². The van der Waals surface area contributed by atoms with E-state index in [0.29, 0.717) is 11.5 Å². The second kappa shape index (κ2) is 6.83. The van der Waals surface area contributed by atoms with Crippen molar-refractivity contribution in [3.8, 4) is 11.5 Å². The first-order valence-corrected chi connectivity index (χ1v) is 7.23. The Morgan fingerprint density at radius 2 is 1.96 bits per heavy atom.